The molecular weight excluding hydrogens is 373 g/mol. The molecule has 0 aromatic heterocycles. The Bertz CT molecular complexity index is 911. The minimum atomic E-state index is -0.813. The zero-order valence-corrected chi connectivity index (χ0v) is 18.8. The largest absolute Gasteiger partial charge is 0.459 e. The number of hydrogen-bond donors (Lipinski definition) is 0. The Morgan fingerprint density at radius 3 is 2.13 bits per heavy atom. The Balaban J connectivity index is 1.83. The lowest BCUT2D eigenvalue weighted by Gasteiger charge is -2.32. The summed E-state index contributed by atoms with van der Waals surface area (Å²) in [5, 5.41) is 0. The molecule has 1 fully saturated rings. The molecule has 2 heterocycles. The molecule has 0 aliphatic carbocycles. The van der Waals surface area contributed by atoms with Crippen LogP contribution < -0.4 is 4.90 Å². The van der Waals surface area contributed by atoms with Crippen LogP contribution in [0.15, 0.2) is 54.6 Å². The average Bonchev–Trinajstić information content (AvgIpc) is 3.07. The maximum atomic E-state index is 14.1. The fraction of sp³-hybridized carbons (Fsp3) is 0.480. The van der Waals surface area contributed by atoms with Gasteiger partial charge in [-0.2, -0.15) is 0 Å². The van der Waals surface area contributed by atoms with E-state index in [4.69, 9.17) is 9.31 Å². The molecule has 4 rings (SSSR count). The monoisotopic (exact) mass is 405 g/mol. The summed E-state index contributed by atoms with van der Waals surface area (Å²) in [5.41, 5.74) is 1.38. The summed E-state index contributed by atoms with van der Waals surface area (Å²) in [7, 11) is -0.460. The van der Waals surface area contributed by atoms with Gasteiger partial charge >= 0.3 is 7.12 Å². The van der Waals surface area contributed by atoms with Gasteiger partial charge in [0.2, 0.25) is 5.91 Å². The van der Waals surface area contributed by atoms with Crippen LogP contribution in [-0.2, 0) is 19.5 Å². The van der Waals surface area contributed by atoms with Gasteiger partial charge in [0.15, 0.2) is 0 Å². The molecular formula is C25H32BNO3. The lowest BCUT2D eigenvalue weighted by atomic mass is 9.61. The SMILES string of the molecule is CCCCN1C(=O)C(CB2OC(C)(C)C(C)(C)O2)(c2ccccc2)c2ccccc21. The van der Waals surface area contributed by atoms with E-state index in [2.05, 4.69) is 58.9 Å². The number of unbranched alkanes of at least 4 members (excludes halogenated alkanes) is 1. The van der Waals surface area contributed by atoms with Crippen LogP contribution in [0, 0.1) is 0 Å². The number of nitrogens with zero attached hydrogens (tertiary/aromatic N) is 1. The summed E-state index contributed by atoms with van der Waals surface area (Å²) >= 11 is 0. The minimum absolute atomic E-state index is 0.123. The molecule has 1 atom stereocenters. The highest BCUT2D eigenvalue weighted by atomic mass is 16.7. The second-order valence-electron chi connectivity index (χ2n) is 9.49. The molecule has 0 spiro atoms. The van der Waals surface area contributed by atoms with Gasteiger partial charge in [0.25, 0.3) is 0 Å². The number of amides is 1. The molecule has 30 heavy (non-hydrogen) atoms. The molecule has 0 radical (unpaired) electrons. The maximum absolute atomic E-state index is 14.1. The Hall–Kier alpha value is -2.11. The van der Waals surface area contributed by atoms with E-state index in [1.165, 1.54) is 0 Å². The van der Waals surface area contributed by atoms with Crippen LogP contribution in [0.2, 0.25) is 6.32 Å². The number of carbonyl (C=O) groups excluding carboxylic acids is 1. The zero-order valence-electron chi connectivity index (χ0n) is 18.8. The molecule has 0 N–H and O–H groups in total. The standard InChI is InChI=1S/C25H32BNO3/c1-6-7-17-27-21-16-12-11-15-20(21)25(22(27)28,19-13-9-8-10-14-19)18-26-29-23(2,3)24(4,5)30-26/h8-16H,6-7,17-18H2,1-5H3. The van der Waals surface area contributed by atoms with Crippen molar-refractivity contribution in [2.45, 2.75) is 70.4 Å². The Labute approximate surface area is 180 Å². The van der Waals surface area contributed by atoms with Crippen molar-refractivity contribution in [3.05, 3.63) is 65.7 Å². The number of benzene rings is 2. The number of rotatable bonds is 6. The molecule has 2 aromatic rings. The quantitative estimate of drug-likeness (QED) is 0.620. The highest BCUT2D eigenvalue weighted by molar-refractivity contribution is 6.47. The predicted octanol–water partition coefficient (Wildman–Crippen LogP) is 5.21. The third-order valence-corrected chi connectivity index (χ3v) is 7.04. The van der Waals surface area contributed by atoms with E-state index in [9.17, 15) is 4.79 Å². The van der Waals surface area contributed by atoms with E-state index < -0.39 is 23.7 Å². The van der Waals surface area contributed by atoms with Gasteiger partial charge in [0.05, 0.1) is 11.2 Å². The summed E-state index contributed by atoms with van der Waals surface area (Å²) in [5.74, 6) is 0.123. The molecule has 2 aliphatic rings. The van der Waals surface area contributed by atoms with Gasteiger partial charge in [-0.1, -0.05) is 61.9 Å². The Morgan fingerprint density at radius 2 is 1.50 bits per heavy atom. The molecule has 0 bridgehead atoms. The van der Waals surface area contributed by atoms with Gasteiger partial charge in [-0.15, -0.1) is 0 Å². The first-order valence-corrected chi connectivity index (χ1v) is 11.1. The average molecular weight is 405 g/mol. The minimum Gasteiger partial charge on any atom is -0.403 e. The van der Waals surface area contributed by atoms with Crippen molar-refractivity contribution in [3.8, 4) is 0 Å². The number of fused-ring (bicyclic) bond motifs is 1. The number of para-hydroxylation sites is 1. The molecule has 158 valence electrons. The van der Waals surface area contributed by atoms with E-state index in [0.29, 0.717) is 6.32 Å². The number of hydrogen-bond acceptors (Lipinski definition) is 3. The van der Waals surface area contributed by atoms with Crippen LogP contribution in [0.3, 0.4) is 0 Å². The van der Waals surface area contributed by atoms with E-state index >= 15 is 0 Å². The number of anilines is 1. The predicted molar refractivity (Wildman–Crippen MR) is 122 cm³/mol. The van der Waals surface area contributed by atoms with Crippen LogP contribution in [0.25, 0.3) is 0 Å². The third kappa shape index (κ3) is 3.19. The highest BCUT2D eigenvalue weighted by Gasteiger charge is 2.59. The van der Waals surface area contributed by atoms with Crippen LogP contribution in [0.5, 0.6) is 0 Å². The van der Waals surface area contributed by atoms with Crippen molar-refractivity contribution >= 4 is 18.7 Å². The normalized spacial score (nSPS) is 24.4. The van der Waals surface area contributed by atoms with Crippen molar-refractivity contribution < 1.29 is 14.1 Å². The maximum Gasteiger partial charge on any atom is 0.459 e. The summed E-state index contributed by atoms with van der Waals surface area (Å²) in [6.45, 7) is 11.1. The Morgan fingerprint density at radius 1 is 0.900 bits per heavy atom. The van der Waals surface area contributed by atoms with Gasteiger partial charge in [-0.25, -0.2) is 0 Å². The van der Waals surface area contributed by atoms with E-state index in [1.807, 2.05) is 35.2 Å². The summed E-state index contributed by atoms with van der Waals surface area (Å²) in [6.07, 6.45) is 2.48. The fourth-order valence-electron chi connectivity index (χ4n) is 4.68. The molecule has 1 saturated heterocycles. The van der Waals surface area contributed by atoms with Crippen LogP contribution >= 0.6 is 0 Å². The van der Waals surface area contributed by atoms with Gasteiger partial charge in [0.1, 0.15) is 5.41 Å². The molecule has 0 saturated carbocycles. The molecule has 5 heteroatoms. The summed E-state index contributed by atoms with van der Waals surface area (Å²) in [6, 6.07) is 18.3. The first kappa shape index (κ1) is 21.1. The van der Waals surface area contributed by atoms with Crippen LogP contribution in [0.4, 0.5) is 5.69 Å². The van der Waals surface area contributed by atoms with Gasteiger partial charge in [-0.3, -0.25) is 4.79 Å². The van der Waals surface area contributed by atoms with E-state index in [1.54, 1.807) is 0 Å². The first-order valence-electron chi connectivity index (χ1n) is 11.1. The van der Waals surface area contributed by atoms with Gasteiger partial charge in [-0.05, 0) is 51.3 Å². The van der Waals surface area contributed by atoms with Gasteiger partial charge < -0.3 is 14.2 Å². The lowest BCUT2D eigenvalue weighted by molar-refractivity contribution is -0.121. The van der Waals surface area contributed by atoms with Crippen LogP contribution in [-0.4, -0.2) is 30.8 Å². The third-order valence-electron chi connectivity index (χ3n) is 7.04. The molecule has 1 amide bonds. The first-order chi connectivity index (χ1) is 14.2. The van der Waals surface area contributed by atoms with Crippen molar-refractivity contribution in [3.63, 3.8) is 0 Å². The Kier molecular flexibility index (Phi) is 5.32. The summed E-state index contributed by atoms with van der Waals surface area (Å²) < 4.78 is 12.7. The number of carbonyl (C=O) groups is 1. The highest BCUT2D eigenvalue weighted by Crippen LogP contribution is 2.51. The molecule has 4 nitrogen and oxygen atoms in total. The van der Waals surface area contributed by atoms with Gasteiger partial charge in [0, 0.05) is 18.6 Å². The van der Waals surface area contributed by atoms with Crippen LogP contribution in [0.1, 0.15) is 58.6 Å². The lowest BCUT2D eigenvalue weighted by Crippen LogP contribution is -2.44. The second-order valence-corrected chi connectivity index (χ2v) is 9.49. The second kappa shape index (κ2) is 7.54. The molecule has 2 aliphatic heterocycles. The smallest absolute Gasteiger partial charge is 0.403 e. The zero-order chi connectivity index (χ0) is 21.6. The molecule has 1 unspecified atom stereocenters. The molecule has 2 aromatic carbocycles. The van der Waals surface area contributed by atoms with E-state index in [-0.39, 0.29) is 5.91 Å². The van der Waals surface area contributed by atoms with Crippen molar-refractivity contribution in [2.75, 3.05) is 11.4 Å². The summed E-state index contributed by atoms with van der Waals surface area (Å²) in [4.78, 5) is 16.1. The fourth-order valence-corrected chi connectivity index (χ4v) is 4.68. The topological polar surface area (TPSA) is 38.8 Å². The van der Waals surface area contributed by atoms with Crippen molar-refractivity contribution in [2.24, 2.45) is 0 Å². The van der Waals surface area contributed by atoms with Crippen molar-refractivity contribution in [1.29, 1.82) is 0 Å². The van der Waals surface area contributed by atoms with E-state index in [0.717, 1.165) is 36.2 Å². The van der Waals surface area contributed by atoms with Crippen molar-refractivity contribution in [1.82, 2.24) is 0 Å².